The van der Waals surface area contributed by atoms with Crippen LogP contribution in [0.2, 0.25) is 0 Å². The topological polar surface area (TPSA) is 85.1 Å². The van der Waals surface area contributed by atoms with Gasteiger partial charge in [0.2, 0.25) is 5.16 Å². The van der Waals surface area contributed by atoms with E-state index in [1.807, 2.05) is 39.8 Å². The van der Waals surface area contributed by atoms with Crippen LogP contribution in [-0.4, -0.2) is 45.7 Å². The maximum Gasteiger partial charge on any atom is 0.208 e. The van der Waals surface area contributed by atoms with E-state index in [1.165, 1.54) is 0 Å². The van der Waals surface area contributed by atoms with Gasteiger partial charge in [-0.25, -0.2) is 4.98 Å². The van der Waals surface area contributed by atoms with E-state index in [0.717, 1.165) is 57.0 Å². The Kier molecular flexibility index (Phi) is 6.49. The third-order valence-corrected chi connectivity index (χ3v) is 4.79. The van der Waals surface area contributed by atoms with Crippen LogP contribution in [0.25, 0.3) is 10.9 Å². The van der Waals surface area contributed by atoms with Crippen molar-refractivity contribution in [3.63, 3.8) is 0 Å². The van der Waals surface area contributed by atoms with Crippen LogP contribution in [0.1, 0.15) is 32.3 Å². The van der Waals surface area contributed by atoms with Crippen molar-refractivity contribution in [2.24, 2.45) is 0 Å². The standard InChI is InChI=1S/C19H26N4O3S/c1-5-24-15-9-8-13-16(18(15)26-7-3)17(25-6-2)14(21-13)10-11-27-19-20-12(4)22-23-19/h8-9,21H,5-7,10-11H2,1-4H3,(H,20,22,23). The highest BCUT2D eigenvalue weighted by molar-refractivity contribution is 7.99. The Balaban J connectivity index is 1.91. The summed E-state index contributed by atoms with van der Waals surface area (Å²) in [5.41, 5.74) is 2.03. The number of aromatic amines is 2. The molecule has 0 atom stereocenters. The summed E-state index contributed by atoms with van der Waals surface area (Å²) in [7, 11) is 0. The third kappa shape index (κ3) is 4.32. The van der Waals surface area contributed by atoms with E-state index in [0.29, 0.717) is 19.8 Å². The molecule has 3 aromatic rings. The van der Waals surface area contributed by atoms with Crippen molar-refractivity contribution >= 4 is 22.7 Å². The van der Waals surface area contributed by atoms with Gasteiger partial charge in [0.1, 0.15) is 5.82 Å². The summed E-state index contributed by atoms with van der Waals surface area (Å²) in [5.74, 6) is 3.98. The summed E-state index contributed by atoms with van der Waals surface area (Å²) in [4.78, 5) is 7.82. The first kappa shape index (κ1) is 19.4. The molecular formula is C19H26N4O3S. The molecule has 1 aromatic carbocycles. The summed E-state index contributed by atoms with van der Waals surface area (Å²) in [6, 6.07) is 3.96. The molecule has 0 aliphatic carbocycles. The van der Waals surface area contributed by atoms with Crippen molar-refractivity contribution in [3.8, 4) is 17.2 Å². The second-order valence-corrected chi connectivity index (χ2v) is 6.91. The van der Waals surface area contributed by atoms with Crippen molar-refractivity contribution in [2.45, 2.75) is 39.3 Å². The molecule has 0 aliphatic rings. The van der Waals surface area contributed by atoms with E-state index in [-0.39, 0.29) is 0 Å². The summed E-state index contributed by atoms with van der Waals surface area (Å²) >= 11 is 1.61. The molecular weight excluding hydrogens is 364 g/mol. The molecule has 2 N–H and O–H groups in total. The van der Waals surface area contributed by atoms with Gasteiger partial charge in [-0.1, -0.05) is 11.8 Å². The number of fused-ring (bicyclic) bond motifs is 1. The van der Waals surface area contributed by atoms with Gasteiger partial charge in [0, 0.05) is 12.2 Å². The number of nitrogens with one attached hydrogen (secondary N) is 2. The van der Waals surface area contributed by atoms with E-state index in [9.17, 15) is 0 Å². The predicted octanol–water partition coefficient (Wildman–Crippen LogP) is 4.13. The van der Waals surface area contributed by atoms with E-state index >= 15 is 0 Å². The highest BCUT2D eigenvalue weighted by Gasteiger charge is 2.20. The van der Waals surface area contributed by atoms with Crippen LogP contribution in [0.4, 0.5) is 0 Å². The Morgan fingerprint density at radius 1 is 1.00 bits per heavy atom. The fraction of sp³-hybridized carbons (Fsp3) is 0.474. The minimum Gasteiger partial charge on any atom is -0.491 e. The van der Waals surface area contributed by atoms with Crippen LogP contribution in [-0.2, 0) is 6.42 Å². The summed E-state index contributed by atoms with van der Waals surface area (Å²) in [6.45, 7) is 9.54. The van der Waals surface area contributed by atoms with Gasteiger partial charge in [-0.15, -0.1) is 5.10 Å². The van der Waals surface area contributed by atoms with Gasteiger partial charge in [-0.3, -0.25) is 5.10 Å². The Morgan fingerprint density at radius 3 is 2.41 bits per heavy atom. The first-order valence-corrected chi connectivity index (χ1v) is 10.2. The lowest BCUT2D eigenvalue weighted by Crippen LogP contribution is -2.00. The lowest BCUT2D eigenvalue weighted by molar-refractivity contribution is 0.289. The zero-order valence-electron chi connectivity index (χ0n) is 16.2. The summed E-state index contributed by atoms with van der Waals surface area (Å²) in [5, 5.41) is 8.74. The Morgan fingerprint density at radius 2 is 1.74 bits per heavy atom. The Hall–Kier alpha value is -2.35. The van der Waals surface area contributed by atoms with Gasteiger partial charge in [-0.05, 0) is 39.8 Å². The lowest BCUT2D eigenvalue weighted by atomic mass is 10.2. The fourth-order valence-corrected chi connectivity index (χ4v) is 3.73. The second-order valence-electron chi connectivity index (χ2n) is 5.85. The SMILES string of the molecule is CCOc1ccc2[nH]c(CCSc3n[nH]c(C)n3)c(OCC)c2c1OCC. The van der Waals surface area contributed by atoms with Crippen LogP contribution in [0.5, 0.6) is 17.2 Å². The number of hydrogen-bond acceptors (Lipinski definition) is 6. The molecule has 146 valence electrons. The Bertz CT molecular complexity index is 891. The molecule has 27 heavy (non-hydrogen) atoms. The average Bonchev–Trinajstić information content (AvgIpc) is 3.22. The molecule has 0 amide bonds. The van der Waals surface area contributed by atoms with Crippen LogP contribution in [0, 0.1) is 6.92 Å². The van der Waals surface area contributed by atoms with Gasteiger partial charge in [-0.2, -0.15) is 0 Å². The number of aryl methyl sites for hydroxylation is 2. The van der Waals surface area contributed by atoms with Gasteiger partial charge in [0.25, 0.3) is 0 Å². The fourth-order valence-electron chi connectivity index (χ4n) is 2.93. The number of nitrogens with zero attached hydrogens (tertiary/aromatic N) is 2. The Labute approximate surface area is 163 Å². The van der Waals surface area contributed by atoms with Crippen molar-refractivity contribution in [1.82, 2.24) is 20.2 Å². The van der Waals surface area contributed by atoms with Crippen LogP contribution < -0.4 is 14.2 Å². The molecule has 0 bridgehead atoms. The molecule has 7 nitrogen and oxygen atoms in total. The van der Waals surface area contributed by atoms with E-state index in [2.05, 4.69) is 20.2 Å². The lowest BCUT2D eigenvalue weighted by Gasteiger charge is -2.13. The third-order valence-electron chi connectivity index (χ3n) is 3.95. The van der Waals surface area contributed by atoms with Crippen LogP contribution in [0.3, 0.4) is 0 Å². The molecule has 0 radical (unpaired) electrons. The molecule has 2 aromatic heterocycles. The predicted molar refractivity (Wildman–Crippen MR) is 107 cm³/mol. The first-order chi connectivity index (χ1) is 13.2. The number of aromatic nitrogens is 4. The molecule has 3 rings (SSSR count). The monoisotopic (exact) mass is 390 g/mol. The zero-order valence-corrected chi connectivity index (χ0v) is 17.0. The summed E-state index contributed by atoms with van der Waals surface area (Å²) in [6.07, 6.45) is 0.803. The quantitative estimate of drug-likeness (QED) is 0.507. The van der Waals surface area contributed by atoms with Gasteiger partial charge in [0.05, 0.1) is 36.4 Å². The average molecular weight is 391 g/mol. The van der Waals surface area contributed by atoms with Gasteiger partial charge < -0.3 is 19.2 Å². The number of thioether (sulfide) groups is 1. The van der Waals surface area contributed by atoms with Crippen molar-refractivity contribution in [3.05, 3.63) is 23.7 Å². The van der Waals surface area contributed by atoms with Crippen LogP contribution >= 0.6 is 11.8 Å². The zero-order chi connectivity index (χ0) is 19.2. The number of rotatable bonds is 10. The molecule has 0 unspecified atom stereocenters. The van der Waals surface area contributed by atoms with Gasteiger partial charge >= 0.3 is 0 Å². The molecule has 8 heteroatoms. The normalized spacial score (nSPS) is 11.1. The number of benzene rings is 1. The van der Waals surface area contributed by atoms with E-state index < -0.39 is 0 Å². The maximum atomic E-state index is 6.00. The molecule has 0 saturated carbocycles. The van der Waals surface area contributed by atoms with Gasteiger partial charge in [0.15, 0.2) is 17.2 Å². The number of hydrogen-bond donors (Lipinski definition) is 2. The maximum absolute atomic E-state index is 6.00. The molecule has 0 fully saturated rings. The van der Waals surface area contributed by atoms with Crippen molar-refractivity contribution in [1.29, 1.82) is 0 Å². The summed E-state index contributed by atoms with van der Waals surface area (Å²) < 4.78 is 17.7. The van der Waals surface area contributed by atoms with Crippen molar-refractivity contribution < 1.29 is 14.2 Å². The largest absolute Gasteiger partial charge is 0.491 e. The van der Waals surface area contributed by atoms with Crippen LogP contribution in [0.15, 0.2) is 17.3 Å². The highest BCUT2D eigenvalue weighted by Crippen LogP contribution is 2.43. The number of H-pyrrole nitrogens is 2. The van der Waals surface area contributed by atoms with E-state index in [1.54, 1.807) is 11.8 Å². The smallest absolute Gasteiger partial charge is 0.208 e. The molecule has 0 aliphatic heterocycles. The van der Waals surface area contributed by atoms with Crippen molar-refractivity contribution in [2.75, 3.05) is 25.6 Å². The van der Waals surface area contributed by atoms with E-state index in [4.69, 9.17) is 14.2 Å². The molecule has 0 saturated heterocycles. The molecule has 0 spiro atoms. The molecule has 2 heterocycles. The minimum absolute atomic E-state index is 0.561. The first-order valence-electron chi connectivity index (χ1n) is 9.25. The minimum atomic E-state index is 0.561. The second kappa shape index (κ2) is 9.03. The number of ether oxygens (including phenoxy) is 3. The highest BCUT2D eigenvalue weighted by atomic mass is 32.2.